The van der Waals surface area contributed by atoms with E-state index < -0.39 is 0 Å². The first kappa shape index (κ1) is 17.2. The van der Waals surface area contributed by atoms with Gasteiger partial charge in [-0.25, -0.2) is 0 Å². The van der Waals surface area contributed by atoms with Crippen molar-refractivity contribution in [3.63, 3.8) is 0 Å². The number of pyridine rings is 1. The molecule has 0 amide bonds. The van der Waals surface area contributed by atoms with Gasteiger partial charge in [-0.3, -0.25) is 4.98 Å². The van der Waals surface area contributed by atoms with Crippen LogP contribution in [0.1, 0.15) is 24.0 Å². The zero-order valence-electron chi connectivity index (χ0n) is 17.1. The smallest absolute Gasteiger partial charge is 0.260 e. The number of para-hydroxylation sites is 2. The van der Waals surface area contributed by atoms with Crippen LogP contribution in [-0.4, -0.2) is 11.7 Å². The maximum Gasteiger partial charge on any atom is 0.260 e. The molecule has 148 valence electrons. The summed E-state index contributed by atoms with van der Waals surface area (Å²) in [4.78, 5) is 4.85. The Morgan fingerprint density at radius 1 is 0.710 bits per heavy atom. The lowest BCUT2D eigenvalue weighted by Crippen LogP contribution is -2.57. The van der Waals surface area contributed by atoms with E-state index in [1.165, 1.54) is 34.9 Å². The minimum atomic E-state index is 0.0949. The molecule has 0 N–H and O–H groups in total. The summed E-state index contributed by atoms with van der Waals surface area (Å²) in [7, 11) is 0. The zero-order chi connectivity index (χ0) is 20.4. The largest absolute Gasteiger partial charge is 0.458 e. The molecule has 1 aromatic heterocycles. The third-order valence-corrected chi connectivity index (χ3v) is 6.83. The molecule has 3 heterocycles. The maximum atomic E-state index is 6.55. The van der Waals surface area contributed by atoms with Crippen molar-refractivity contribution in [2.45, 2.75) is 25.7 Å². The lowest BCUT2D eigenvalue weighted by molar-refractivity contribution is 0.465. The van der Waals surface area contributed by atoms with Gasteiger partial charge in [0.05, 0.1) is 5.69 Å². The molecule has 0 saturated carbocycles. The Kier molecular flexibility index (Phi) is 3.59. The molecule has 1 aliphatic carbocycles. The first-order valence-electron chi connectivity index (χ1n) is 11.1. The molecule has 3 nitrogen and oxygen atoms in total. The molecule has 31 heavy (non-hydrogen) atoms. The zero-order valence-corrected chi connectivity index (χ0v) is 17.1. The van der Waals surface area contributed by atoms with Gasteiger partial charge in [0.25, 0.3) is 6.71 Å². The number of hydrogen-bond acceptors (Lipinski definition) is 3. The van der Waals surface area contributed by atoms with Crippen molar-refractivity contribution in [2.24, 2.45) is 0 Å². The minimum Gasteiger partial charge on any atom is -0.458 e. The minimum absolute atomic E-state index is 0.0949. The molecule has 3 aliphatic rings. The van der Waals surface area contributed by atoms with Gasteiger partial charge >= 0.3 is 0 Å². The highest BCUT2D eigenvalue weighted by atomic mass is 16.5. The molecular weight excluding hydrogens is 381 g/mol. The van der Waals surface area contributed by atoms with Crippen LogP contribution in [0.15, 0.2) is 72.9 Å². The summed E-state index contributed by atoms with van der Waals surface area (Å²) >= 11 is 0. The van der Waals surface area contributed by atoms with Crippen molar-refractivity contribution < 1.29 is 9.47 Å². The molecule has 4 aromatic rings. The summed E-state index contributed by atoms with van der Waals surface area (Å²) in [6.07, 6.45) is 6.87. The number of hydrogen-bond donors (Lipinski definition) is 0. The topological polar surface area (TPSA) is 31.4 Å². The van der Waals surface area contributed by atoms with Crippen LogP contribution in [0.5, 0.6) is 23.0 Å². The second kappa shape index (κ2) is 6.48. The van der Waals surface area contributed by atoms with E-state index >= 15 is 0 Å². The average molecular weight is 401 g/mol. The third kappa shape index (κ3) is 2.51. The fraction of sp³-hybridized carbons (Fsp3) is 0.148. The van der Waals surface area contributed by atoms with Gasteiger partial charge in [-0.05, 0) is 78.1 Å². The number of rotatable bonds is 1. The summed E-state index contributed by atoms with van der Waals surface area (Å²) in [6, 6.07) is 23.1. The molecule has 0 atom stereocenters. The summed E-state index contributed by atoms with van der Waals surface area (Å²) in [5.74, 6) is 3.58. The van der Waals surface area contributed by atoms with Crippen LogP contribution in [0, 0.1) is 0 Å². The Bertz CT molecular complexity index is 1360. The predicted octanol–water partition coefficient (Wildman–Crippen LogP) is 4.36. The summed E-state index contributed by atoms with van der Waals surface area (Å²) < 4.78 is 12.8. The number of nitrogens with zero attached hydrogens (tertiary/aromatic N) is 1. The van der Waals surface area contributed by atoms with Crippen molar-refractivity contribution in [2.75, 3.05) is 0 Å². The molecule has 0 radical (unpaired) electrons. The number of ether oxygens (including phenoxy) is 2. The molecule has 0 spiro atoms. The molecular formula is C27H20BNO2. The summed E-state index contributed by atoms with van der Waals surface area (Å²) in [5, 5.41) is 0. The van der Waals surface area contributed by atoms with E-state index in [1.807, 2.05) is 24.3 Å². The van der Waals surface area contributed by atoms with Crippen LogP contribution in [0.2, 0.25) is 0 Å². The highest BCUT2D eigenvalue weighted by Gasteiger charge is 2.40. The van der Waals surface area contributed by atoms with Crippen LogP contribution < -0.4 is 25.9 Å². The van der Waals surface area contributed by atoms with Crippen molar-refractivity contribution in [1.82, 2.24) is 4.98 Å². The van der Waals surface area contributed by atoms with E-state index in [4.69, 9.17) is 14.5 Å². The summed E-state index contributed by atoms with van der Waals surface area (Å²) in [5.41, 5.74) is 8.36. The fourth-order valence-corrected chi connectivity index (χ4v) is 5.36. The van der Waals surface area contributed by atoms with E-state index in [1.54, 1.807) is 0 Å². The fourth-order valence-electron chi connectivity index (χ4n) is 5.36. The monoisotopic (exact) mass is 401 g/mol. The van der Waals surface area contributed by atoms with Gasteiger partial charge in [-0.2, -0.15) is 0 Å². The molecule has 2 aliphatic heterocycles. The maximum absolute atomic E-state index is 6.55. The van der Waals surface area contributed by atoms with Crippen LogP contribution in [-0.2, 0) is 12.8 Å². The van der Waals surface area contributed by atoms with Crippen LogP contribution in [0.3, 0.4) is 0 Å². The standard InChI is InChI=1S/C27H20BNO2/c1-2-8-18-16-29-22(15-17(18)7-1)19-9-5-11-21-27(19)31-25-14-6-13-24-26(25)28(21)20-10-3-4-12-23(20)30-24/h3-6,9-16H,1-2,7-8H2. The van der Waals surface area contributed by atoms with E-state index in [9.17, 15) is 0 Å². The Morgan fingerprint density at radius 3 is 2.39 bits per heavy atom. The molecule has 0 fully saturated rings. The number of fused-ring (bicyclic) bond motifs is 5. The Labute approximate surface area is 181 Å². The first-order chi connectivity index (χ1) is 15.4. The van der Waals surface area contributed by atoms with Crippen LogP contribution >= 0.6 is 0 Å². The van der Waals surface area contributed by atoms with Gasteiger partial charge in [0.15, 0.2) is 0 Å². The lowest BCUT2D eigenvalue weighted by Gasteiger charge is -2.33. The molecule has 7 rings (SSSR count). The molecule has 0 unspecified atom stereocenters. The van der Waals surface area contributed by atoms with Gasteiger partial charge in [0, 0.05) is 17.2 Å². The highest BCUT2D eigenvalue weighted by molar-refractivity contribution is 6.98. The van der Waals surface area contributed by atoms with Crippen molar-refractivity contribution >= 4 is 23.1 Å². The van der Waals surface area contributed by atoms with Gasteiger partial charge < -0.3 is 9.47 Å². The van der Waals surface area contributed by atoms with Crippen LogP contribution in [0.25, 0.3) is 11.3 Å². The normalized spacial score (nSPS) is 15.0. The Morgan fingerprint density at radius 2 is 1.45 bits per heavy atom. The number of benzene rings is 3. The van der Waals surface area contributed by atoms with Crippen molar-refractivity contribution in [1.29, 1.82) is 0 Å². The van der Waals surface area contributed by atoms with Crippen molar-refractivity contribution in [3.8, 4) is 34.3 Å². The highest BCUT2D eigenvalue weighted by Crippen LogP contribution is 2.38. The van der Waals surface area contributed by atoms with Gasteiger partial charge in [0.2, 0.25) is 0 Å². The third-order valence-electron chi connectivity index (χ3n) is 6.83. The second-order valence-corrected chi connectivity index (χ2v) is 8.61. The van der Waals surface area contributed by atoms with E-state index in [-0.39, 0.29) is 6.71 Å². The Hall–Kier alpha value is -3.53. The second-order valence-electron chi connectivity index (χ2n) is 8.61. The van der Waals surface area contributed by atoms with E-state index in [2.05, 4.69) is 48.7 Å². The van der Waals surface area contributed by atoms with Gasteiger partial charge in [0.1, 0.15) is 23.0 Å². The van der Waals surface area contributed by atoms with E-state index in [0.717, 1.165) is 52.6 Å². The quantitative estimate of drug-likeness (QED) is 0.384. The van der Waals surface area contributed by atoms with Crippen LogP contribution in [0.4, 0.5) is 0 Å². The molecule has 3 aromatic carbocycles. The summed E-state index contributed by atoms with van der Waals surface area (Å²) in [6.45, 7) is 0.0949. The SMILES string of the molecule is c1ccc2c(c1)Oc1cccc3c1B2c1cccc(-c2cc4c(cn2)CCCC4)c1O3. The number of aromatic nitrogens is 1. The molecule has 0 bridgehead atoms. The van der Waals surface area contributed by atoms with Gasteiger partial charge in [-0.1, -0.05) is 36.4 Å². The van der Waals surface area contributed by atoms with Crippen molar-refractivity contribution in [3.05, 3.63) is 84.1 Å². The van der Waals surface area contributed by atoms with Gasteiger partial charge in [-0.15, -0.1) is 0 Å². The predicted molar refractivity (Wildman–Crippen MR) is 124 cm³/mol. The number of aryl methyl sites for hydroxylation is 2. The first-order valence-corrected chi connectivity index (χ1v) is 11.1. The van der Waals surface area contributed by atoms with E-state index in [0.29, 0.717) is 0 Å². The lowest BCUT2D eigenvalue weighted by atomic mass is 9.34. The average Bonchev–Trinajstić information content (AvgIpc) is 2.83. The Balaban J connectivity index is 1.45. The molecule has 0 saturated heterocycles. The molecule has 4 heteroatoms.